The average molecular weight is 473 g/mol. The van der Waals surface area contributed by atoms with Crippen molar-refractivity contribution in [1.82, 2.24) is 19.8 Å². The van der Waals surface area contributed by atoms with Crippen LogP contribution in [0.25, 0.3) is 0 Å². The first-order valence-corrected chi connectivity index (χ1v) is 11.3. The number of hydrogen-bond donors (Lipinski definition) is 2. The standard InChI is InChI=1S/C23H29FN6O4/c1-33-19-3-2-15(24)12-17(19)21(32)18-13-26-23(28-22(18)25)27-16-4-6-29(7-5-16)20(14-31)30-8-10-34-11-9-30/h2-3,12-14,16,20H,4-11H2,1H3,(H3,25,26,27,28). The first-order valence-electron chi connectivity index (χ1n) is 11.3. The van der Waals surface area contributed by atoms with E-state index in [9.17, 15) is 14.0 Å². The monoisotopic (exact) mass is 472 g/mol. The Bertz CT molecular complexity index is 1020. The maximum Gasteiger partial charge on any atom is 0.224 e. The molecule has 2 saturated heterocycles. The molecule has 1 aromatic carbocycles. The minimum absolute atomic E-state index is 0.000383. The van der Waals surface area contributed by atoms with Crippen molar-refractivity contribution in [2.75, 3.05) is 57.6 Å². The van der Waals surface area contributed by atoms with Gasteiger partial charge in [-0.25, -0.2) is 9.37 Å². The first-order chi connectivity index (χ1) is 16.5. The van der Waals surface area contributed by atoms with Crippen LogP contribution in [0.15, 0.2) is 24.4 Å². The van der Waals surface area contributed by atoms with Gasteiger partial charge in [-0.3, -0.25) is 14.6 Å². The maximum atomic E-state index is 13.7. The van der Waals surface area contributed by atoms with E-state index < -0.39 is 11.6 Å². The molecule has 4 rings (SSSR count). The third-order valence-electron chi connectivity index (χ3n) is 6.25. The summed E-state index contributed by atoms with van der Waals surface area (Å²) in [7, 11) is 1.40. The topological polar surface area (TPSA) is 123 Å². The number of nitrogens with one attached hydrogen (secondary N) is 1. The van der Waals surface area contributed by atoms with Crippen molar-refractivity contribution in [3.8, 4) is 5.75 Å². The van der Waals surface area contributed by atoms with Crippen molar-refractivity contribution in [2.45, 2.75) is 25.0 Å². The average Bonchev–Trinajstić information content (AvgIpc) is 2.86. The van der Waals surface area contributed by atoms with Crippen molar-refractivity contribution in [2.24, 2.45) is 0 Å². The molecule has 11 heteroatoms. The Balaban J connectivity index is 1.37. The fraction of sp³-hybridized carbons (Fsp3) is 0.478. The molecule has 0 amide bonds. The molecule has 2 aliphatic heterocycles. The molecule has 1 unspecified atom stereocenters. The predicted octanol–water partition coefficient (Wildman–Crippen LogP) is 1.17. The summed E-state index contributed by atoms with van der Waals surface area (Å²) < 4.78 is 24.2. The first kappa shape index (κ1) is 24.0. The van der Waals surface area contributed by atoms with Gasteiger partial charge in [0.25, 0.3) is 0 Å². The summed E-state index contributed by atoms with van der Waals surface area (Å²) in [6.07, 6.45) is 3.72. The van der Waals surface area contributed by atoms with Gasteiger partial charge in [0, 0.05) is 38.4 Å². The summed E-state index contributed by atoms with van der Waals surface area (Å²) in [4.78, 5) is 37.4. The van der Waals surface area contributed by atoms with Crippen LogP contribution in [0.4, 0.5) is 16.2 Å². The Labute approximate surface area is 197 Å². The molecule has 1 atom stereocenters. The Kier molecular flexibility index (Phi) is 7.66. The van der Waals surface area contributed by atoms with Crippen LogP contribution in [0.2, 0.25) is 0 Å². The van der Waals surface area contributed by atoms with Crippen LogP contribution in [-0.4, -0.2) is 90.5 Å². The lowest BCUT2D eigenvalue weighted by atomic mass is 10.0. The van der Waals surface area contributed by atoms with E-state index in [-0.39, 0.29) is 34.9 Å². The van der Waals surface area contributed by atoms with Gasteiger partial charge in [-0.15, -0.1) is 0 Å². The fourth-order valence-electron chi connectivity index (χ4n) is 4.38. The number of likely N-dealkylation sites (tertiary alicyclic amines) is 1. The molecule has 0 aliphatic carbocycles. The zero-order valence-electron chi connectivity index (χ0n) is 19.1. The van der Waals surface area contributed by atoms with Gasteiger partial charge in [0.1, 0.15) is 23.6 Å². The van der Waals surface area contributed by atoms with E-state index in [0.29, 0.717) is 19.2 Å². The largest absolute Gasteiger partial charge is 0.496 e. The second-order valence-corrected chi connectivity index (χ2v) is 8.32. The van der Waals surface area contributed by atoms with Crippen LogP contribution >= 0.6 is 0 Å². The van der Waals surface area contributed by atoms with Crippen molar-refractivity contribution >= 4 is 23.8 Å². The van der Waals surface area contributed by atoms with Crippen LogP contribution in [0.5, 0.6) is 5.75 Å². The Morgan fingerprint density at radius 2 is 1.94 bits per heavy atom. The number of rotatable bonds is 8. The SMILES string of the molecule is COc1ccc(F)cc1C(=O)c1cnc(NC2CCN(C(C=O)N3CCOCC3)CC2)nc1N. The molecule has 3 heterocycles. The number of carbonyl (C=O) groups excluding carboxylic acids is 2. The van der Waals surface area contributed by atoms with Crippen LogP contribution in [0.3, 0.4) is 0 Å². The van der Waals surface area contributed by atoms with Crippen LogP contribution in [-0.2, 0) is 9.53 Å². The van der Waals surface area contributed by atoms with Gasteiger partial charge < -0.3 is 25.3 Å². The number of ether oxygens (including phenoxy) is 2. The number of piperidine rings is 1. The highest BCUT2D eigenvalue weighted by Gasteiger charge is 2.30. The van der Waals surface area contributed by atoms with Gasteiger partial charge >= 0.3 is 0 Å². The Hall–Kier alpha value is -3.15. The lowest BCUT2D eigenvalue weighted by Gasteiger charge is -2.41. The molecule has 0 saturated carbocycles. The Morgan fingerprint density at radius 1 is 1.24 bits per heavy atom. The summed E-state index contributed by atoms with van der Waals surface area (Å²) in [5.74, 6) is -0.515. The molecule has 2 fully saturated rings. The van der Waals surface area contributed by atoms with Gasteiger partial charge in [0.2, 0.25) is 11.7 Å². The zero-order chi connectivity index (χ0) is 24.1. The zero-order valence-corrected chi connectivity index (χ0v) is 19.1. The van der Waals surface area contributed by atoms with Crippen molar-refractivity contribution in [1.29, 1.82) is 0 Å². The van der Waals surface area contributed by atoms with E-state index in [1.54, 1.807) is 0 Å². The summed E-state index contributed by atoms with van der Waals surface area (Å²) in [6.45, 7) is 4.30. The van der Waals surface area contributed by atoms with Crippen molar-refractivity contribution in [3.05, 3.63) is 41.3 Å². The number of nitrogen functional groups attached to an aromatic ring is 1. The number of morpholine rings is 1. The van der Waals surface area contributed by atoms with E-state index in [1.807, 2.05) is 0 Å². The smallest absolute Gasteiger partial charge is 0.224 e. The van der Waals surface area contributed by atoms with Crippen molar-refractivity contribution in [3.63, 3.8) is 0 Å². The van der Waals surface area contributed by atoms with Gasteiger partial charge in [-0.2, -0.15) is 4.98 Å². The molecule has 0 spiro atoms. The summed E-state index contributed by atoms with van der Waals surface area (Å²) in [6, 6.07) is 3.81. The predicted molar refractivity (Wildman–Crippen MR) is 123 cm³/mol. The molecule has 2 aromatic rings. The van der Waals surface area contributed by atoms with E-state index in [0.717, 1.165) is 51.4 Å². The van der Waals surface area contributed by atoms with Gasteiger partial charge in [0.15, 0.2) is 6.29 Å². The third-order valence-corrected chi connectivity index (χ3v) is 6.25. The number of hydrogen-bond acceptors (Lipinski definition) is 10. The van der Waals surface area contributed by atoms with E-state index in [1.165, 1.54) is 25.4 Å². The molecule has 3 N–H and O–H groups in total. The highest BCUT2D eigenvalue weighted by Crippen LogP contribution is 2.25. The molecule has 0 bridgehead atoms. The number of carbonyl (C=O) groups is 2. The highest BCUT2D eigenvalue weighted by atomic mass is 19.1. The number of aldehydes is 1. The van der Waals surface area contributed by atoms with Gasteiger partial charge in [-0.1, -0.05) is 0 Å². The summed E-state index contributed by atoms with van der Waals surface area (Å²) >= 11 is 0. The van der Waals surface area contributed by atoms with Crippen LogP contribution < -0.4 is 15.8 Å². The maximum absolute atomic E-state index is 13.7. The van der Waals surface area contributed by atoms with Gasteiger partial charge in [0.05, 0.1) is 31.5 Å². The lowest BCUT2D eigenvalue weighted by molar-refractivity contribution is -0.123. The van der Waals surface area contributed by atoms with Crippen LogP contribution in [0, 0.1) is 5.82 Å². The quantitative estimate of drug-likeness (QED) is 0.427. The number of benzene rings is 1. The summed E-state index contributed by atoms with van der Waals surface area (Å²) in [5, 5.41) is 3.27. The molecule has 10 nitrogen and oxygen atoms in total. The molecule has 34 heavy (non-hydrogen) atoms. The molecular weight excluding hydrogens is 443 g/mol. The third kappa shape index (κ3) is 5.32. The second kappa shape index (κ2) is 10.9. The fourth-order valence-corrected chi connectivity index (χ4v) is 4.38. The van der Waals surface area contributed by atoms with Gasteiger partial charge in [-0.05, 0) is 31.0 Å². The minimum Gasteiger partial charge on any atom is -0.496 e. The Morgan fingerprint density at radius 3 is 2.59 bits per heavy atom. The molecule has 0 radical (unpaired) electrons. The van der Waals surface area contributed by atoms with Crippen molar-refractivity contribution < 1.29 is 23.5 Å². The number of methoxy groups -OCH3 is 1. The molecular formula is C23H29FN6O4. The number of anilines is 2. The summed E-state index contributed by atoms with van der Waals surface area (Å²) in [5.41, 5.74) is 6.17. The highest BCUT2D eigenvalue weighted by molar-refractivity contribution is 6.13. The number of nitrogens with two attached hydrogens (primary N) is 1. The van der Waals surface area contributed by atoms with E-state index in [2.05, 4.69) is 25.1 Å². The van der Waals surface area contributed by atoms with E-state index >= 15 is 0 Å². The van der Waals surface area contributed by atoms with Crippen LogP contribution in [0.1, 0.15) is 28.8 Å². The number of aromatic nitrogens is 2. The molecule has 1 aromatic heterocycles. The second-order valence-electron chi connectivity index (χ2n) is 8.32. The minimum atomic E-state index is -0.557. The molecule has 182 valence electrons. The number of ketones is 1. The lowest BCUT2D eigenvalue weighted by Crippen LogP contribution is -2.56. The normalized spacial score (nSPS) is 18.9. The number of halogens is 1. The number of nitrogens with zero attached hydrogens (tertiary/aromatic N) is 4. The molecule has 2 aliphatic rings. The van der Waals surface area contributed by atoms with E-state index in [4.69, 9.17) is 15.2 Å².